The molecule has 0 spiro atoms. The van der Waals surface area contributed by atoms with Crippen LogP contribution in [-0.4, -0.2) is 0 Å². The van der Waals surface area contributed by atoms with Crippen molar-refractivity contribution < 1.29 is 9.13 Å². The lowest BCUT2D eigenvalue weighted by atomic mass is 10.2. The van der Waals surface area contributed by atoms with Crippen LogP contribution in [0, 0.1) is 12.7 Å². The second kappa shape index (κ2) is 4.13. The van der Waals surface area contributed by atoms with E-state index in [2.05, 4.69) is 6.92 Å². The van der Waals surface area contributed by atoms with Gasteiger partial charge in [0.05, 0.1) is 0 Å². The summed E-state index contributed by atoms with van der Waals surface area (Å²) in [4.78, 5) is 0. The standard InChI is InChI=1S/C13H10FO/c1-10-4-2-6-12(8-10)15-13-7-3-5-11(14)9-13/h2-9H,1H2. The van der Waals surface area contributed by atoms with Crippen LogP contribution < -0.4 is 4.74 Å². The zero-order chi connectivity index (χ0) is 10.7. The maximum atomic E-state index is 12.9. The molecular formula is C13H10FO. The summed E-state index contributed by atoms with van der Waals surface area (Å²) in [7, 11) is 0. The van der Waals surface area contributed by atoms with Crippen molar-refractivity contribution in [2.75, 3.05) is 0 Å². The van der Waals surface area contributed by atoms with Crippen molar-refractivity contribution in [3.63, 3.8) is 0 Å². The topological polar surface area (TPSA) is 9.23 Å². The first-order valence-corrected chi connectivity index (χ1v) is 4.59. The SMILES string of the molecule is [CH2]c1cccc(Oc2cccc(F)c2)c1. The highest BCUT2D eigenvalue weighted by molar-refractivity contribution is 5.34. The van der Waals surface area contributed by atoms with E-state index in [4.69, 9.17) is 4.74 Å². The largest absolute Gasteiger partial charge is 0.457 e. The highest BCUT2D eigenvalue weighted by Crippen LogP contribution is 2.22. The van der Waals surface area contributed by atoms with Gasteiger partial charge in [0.25, 0.3) is 0 Å². The Morgan fingerprint density at radius 3 is 2.27 bits per heavy atom. The van der Waals surface area contributed by atoms with Gasteiger partial charge in [-0.2, -0.15) is 0 Å². The number of hydrogen-bond acceptors (Lipinski definition) is 1. The van der Waals surface area contributed by atoms with Crippen molar-refractivity contribution in [3.05, 3.63) is 66.8 Å². The molecule has 0 bridgehead atoms. The fraction of sp³-hybridized carbons (Fsp3) is 0. The van der Waals surface area contributed by atoms with E-state index in [0.29, 0.717) is 11.5 Å². The number of benzene rings is 2. The normalized spacial score (nSPS) is 10.0. The summed E-state index contributed by atoms with van der Waals surface area (Å²) in [6, 6.07) is 13.4. The molecule has 0 aliphatic carbocycles. The molecule has 2 aromatic rings. The van der Waals surface area contributed by atoms with Crippen LogP contribution in [0.2, 0.25) is 0 Å². The average Bonchev–Trinajstić information content (AvgIpc) is 2.17. The summed E-state index contributed by atoms with van der Waals surface area (Å²) >= 11 is 0. The monoisotopic (exact) mass is 201 g/mol. The Hall–Kier alpha value is -1.83. The quantitative estimate of drug-likeness (QED) is 0.718. The summed E-state index contributed by atoms with van der Waals surface area (Å²) in [6.07, 6.45) is 0. The molecule has 15 heavy (non-hydrogen) atoms. The van der Waals surface area contributed by atoms with Gasteiger partial charge in [-0.25, -0.2) is 4.39 Å². The fourth-order valence-corrected chi connectivity index (χ4v) is 1.28. The molecule has 0 aliphatic rings. The molecule has 2 rings (SSSR count). The molecule has 0 saturated heterocycles. The molecule has 2 heteroatoms. The molecule has 1 radical (unpaired) electrons. The lowest BCUT2D eigenvalue weighted by Crippen LogP contribution is -1.85. The number of rotatable bonds is 2. The molecule has 0 atom stereocenters. The molecule has 0 amide bonds. The predicted molar refractivity (Wildman–Crippen MR) is 57.4 cm³/mol. The summed E-state index contributed by atoms with van der Waals surface area (Å²) < 4.78 is 18.3. The predicted octanol–water partition coefficient (Wildman–Crippen LogP) is 3.80. The third kappa shape index (κ3) is 2.56. The molecule has 2 aromatic carbocycles. The number of ether oxygens (including phenoxy) is 1. The Morgan fingerprint density at radius 2 is 1.60 bits per heavy atom. The van der Waals surface area contributed by atoms with Crippen molar-refractivity contribution in [1.82, 2.24) is 0 Å². The van der Waals surface area contributed by atoms with Crippen LogP contribution in [0.4, 0.5) is 4.39 Å². The molecule has 0 aromatic heterocycles. The van der Waals surface area contributed by atoms with Crippen LogP contribution in [0.1, 0.15) is 5.56 Å². The van der Waals surface area contributed by atoms with Gasteiger partial charge in [0.15, 0.2) is 0 Å². The zero-order valence-electron chi connectivity index (χ0n) is 8.11. The van der Waals surface area contributed by atoms with Gasteiger partial charge in [-0.05, 0) is 36.8 Å². The van der Waals surface area contributed by atoms with Crippen LogP contribution in [0.5, 0.6) is 11.5 Å². The first kappa shape index (κ1) is 9.71. The van der Waals surface area contributed by atoms with E-state index in [1.165, 1.54) is 12.1 Å². The molecule has 0 aliphatic heterocycles. The smallest absolute Gasteiger partial charge is 0.130 e. The maximum Gasteiger partial charge on any atom is 0.130 e. The van der Waals surface area contributed by atoms with E-state index in [9.17, 15) is 4.39 Å². The average molecular weight is 201 g/mol. The van der Waals surface area contributed by atoms with E-state index in [0.717, 1.165) is 5.56 Å². The van der Waals surface area contributed by atoms with Crippen molar-refractivity contribution in [1.29, 1.82) is 0 Å². The maximum absolute atomic E-state index is 12.9. The molecule has 1 nitrogen and oxygen atoms in total. The van der Waals surface area contributed by atoms with E-state index in [1.54, 1.807) is 24.3 Å². The minimum absolute atomic E-state index is 0.307. The molecule has 75 valence electrons. The Balaban J connectivity index is 2.22. The van der Waals surface area contributed by atoms with E-state index >= 15 is 0 Å². The van der Waals surface area contributed by atoms with E-state index in [-0.39, 0.29) is 5.82 Å². The Labute approximate surface area is 88.1 Å². The molecule has 0 unspecified atom stereocenters. The second-order valence-electron chi connectivity index (χ2n) is 3.21. The van der Waals surface area contributed by atoms with Crippen LogP contribution in [0.15, 0.2) is 48.5 Å². The minimum atomic E-state index is -0.307. The summed E-state index contributed by atoms with van der Waals surface area (Å²) in [5.74, 6) is 0.840. The van der Waals surface area contributed by atoms with Crippen LogP contribution >= 0.6 is 0 Å². The summed E-state index contributed by atoms with van der Waals surface area (Å²) in [5, 5.41) is 0. The summed E-state index contributed by atoms with van der Waals surface area (Å²) in [6.45, 7) is 3.79. The number of halogens is 1. The van der Waals surface area contributed by atoms with Crippen LogP contribution in [0.25, 0.3) is 0 Å². The van der Waals surface area contributed by atoms with E-state index < -0.39 is 0 Å². The van der Waals surface area contributed by atoms with Gasteiger partial charge in [0.2, 0.25) is 0 Å². The Morgan fingerprint density at radius 1 is 0.933 bits per heavy atom. The summed E-state index contributed by atoms with van der Waals surface area (Å²) in [5.41, 5.74) is 0.865. The lowest BCUT2D eigenvalue weighted by Gasteiger charge is -2.05. The first-order chi connectivity index (χ1) is 7.24. The molecule has 0 heterocycles. The second-order valence-corrected chi connectivity index (χ2v) is 3.21. The molecule has 0 saturated carbocycles. The fourth-order valence-electron chi connectivity index (χ4n) is 1.28. The van der Waals surface area contributed by atoms with Gasteiger partial charge in [-0.15, -0.1) is 0 Å². The Bertz CT molecular complexity index is 422. The van der Waals surface area contributed by atoms with E-state index in [1.807, 2.05) is 12.1 Å². The van der Waals surface area contributed by atoms with Crippen molar-refractivity contribution in [2.24, 2.45) is 0 Å². The van der Waals surface area contributed by atoms with Crippen molar-refractivity contribution in [3.8, 4) is 11.5 Å². The van der Waals surface area contributed by atoms with Crippen LogP contribution in [0.3, 0.4) is 0 Å². The van der Waals surface area contributed by atoms with Gasteiger partial charge in [-0.1, -0.05) is 18.2 Å². The zero-order valence-corrected chi connectivity index (χ0v) is 8.11. The molecule has 0 N–H and O–H groups in total. The number of hydrogen-bond donors (Lipinski definition) is 0. The molecular weight excluding hydrogens is 191 g/mol. The lowest BCUT2D eigenvalue weighted by molar-refractivity contribution is 0.476. The third-order valence-corrected chi connectivity index (χ3v) is 1.93. The highest BCUT2D eigenvalue weighted by Gasteiger charge is 1.98. The first-order valence-electron chi connectivity index (χ1n) is 4.59. The van der Waals surface area contributed by atoms with Crippen molar-refractivity contribution in [2.45, 2.75) is 0 Å². The van der Waals surface area contributed by atoms with Gasteiger partial charge >= 0.3 is 0 Å². The van der Waals surface area contributed by atoms with Gasteiger partial charge in [-0.3, -0.25) is 0 Å². The Kier molecular flexibility index (Phi) is 2.68. The highest BCUT2D eigenvalue weighted by atomic mass is 19.1. The minimum Gasteiger partial charge on any atom is -0.457 e. The van der Waals surface area contributed by atoms with Crippen LogP contribution in [-0.2, 0) is 0 Å². The van der Waals surface area contributed by atoms with Gasteiger partial charge in [0, 0.05) is 6.07 Å². The van der Waals surface area contributed by atoms with Gasteiger partial charge < -0.3 is 4.74 Å². The molecule has 0 fully saturated rings. The van der Waals surface area contributed by atoms with Gasteiger partial charge in [0.1, 0.15) is 17.3 Å². The third-order valence-electron chi connectivity index (χ3n) is 1.93. The van der Waals surface area contributed by atoms with Crippen molar-refractivity contribution >= 4 is 0 Å².